The van der Waals surface area contributed by atoms with Gasteiger partial charge in [0.05, 0.1) is 6.54 Å². The number of benzene rings is 1. The first-order valence-electron chi connectivity index (χ1n) is 4.99. The third-order valence-corrected chi connectivity index (χ3v) is 2.89. The molecular weight excluding hydrogens is 218 g/mol. The lowest BCUT2D eigenvalue weighted by atomic mass is 10.3. The van der Waals surface area contributed by atoms with E-state index in [1.165, 1.54) is 4.88 Å². The molecule has 3 nitrogen and oxygen atoms in total. The van der Waals surface area contributed by atoms with Gasteiger partial charge in [-0.2, -0.15) is 0 Å². The van der Waals surface area contributed by atoms with Crippen molar-refractivity contribution in [1.82, 2.24) is 0 Å². The van der Waals surface area contributed by atoms with E-state index in [0.29, 0.717) is 12.5 Å². The van der Waals surface area contributed by atoms with Crippen LogP contribution in [-0.2, 0) is 6.54 Å². The maximum Gasteiger partial charge on any atom is 0.193 e. The molecule has 0 spiro atoms. The van der Waals surface area contributed by atoms with Gasteiger partial charge in [-0.15, -0.1) is 11.3 Å². The summed E-state index contributed by atoms with van der Waals surface area (Å²) in [5.41, 5.74) is 6.72. The number of nitrogens with one attached hydrogen (secondary N) is 1. The normalized spacial score (nSPS) is 11.4. The second-order valence-corrected chi connectivity index (χ2v) is 4.30. The number of nitrogens with two attached hydrogens (primary N) is 1. The number of hydrogen-bond donors (Lipinski definition) is 2. The number of hydrogen-bond acceptors (Lipinski definition) is 2. The number of nitrogens with zero attached hydrogens (tertiary/aromatic N) is 1. The molecule has 0 aliphatic carbocycles. The predicted molar refractivity (Wildman–Crippen MR) is 69.7 cm³/mol. The van der Waals surface area contributed by atoms with Crippen LogP contribution in [0, 0.1) is 0 Å². The Morgan fingerprint density at radius 2 is 2.00 bits per heavy atom. The largest absolute Gasteiger partial charge is 0.370 e. The Kier molecular flexibility index (Phi) is 3.56. The van der Waals surface area contributed by atoms with Crippen LogP contribution in [0.1, 0.15) is 4.88 Å². The van der Waals surface area contributed by atoms with E-state index < -0.39 is 0 Å². The van der Waals surface area contributed by atoms with Crippen molar-refractivity contribution in [2.45, 2.75) is 6.54 Å². The summed E-state index contributed by atoms with van der Waals surface area (Å²) in [5, 5.41) is 5.07. The molecule has 1 aromatic heterocycles. The maximum absolute atomic E-state index is 5.77. The van der Waals surface area contributed by atoms with Gasteiger partial charge in [-0.05, 0) is 23.6 Å². The molecule has 0 atom stereocenters. The fraction of sp³-hybridized carbons (Fsp3) is 0.0833. The Morgan fingerprint density at radius 3 is 2.69 bits per heavy atom. The number of rotatable bonds is 3. The summed E-state index contributed by atoms with van der Waals surface area (Å²) in [7, 11) is 0. The van der Waals surface area contributed by atoms with E-state index in [4.69, 9.17) is 5.73 Å². The van der Waals surface area contributed by atoms with Crippen molar-refractivity contribution in [2.24, 2.45) is 10.7 Å². The van der Waals surface area contributed by atoms with Crippen LogP contribution in [0.3, 0.4) is 0 Å². The van der Waals surface area contributed by atoms with Crippen LogP contribution in [0.4, 0.5) is 5.69 Å². The first-order chi connectivity index (χ1) is 7.84. The molecule has 0 aliphatic rings. The Balaban J connectivity index is 1.93. The monoisotopic (exact) mass is 231 g/mol. The Morgan fingerprint density at radius 1 is 1.19 bits per heavy atom. The molecule has 0 unspecified atom stereocenters. The quantitative estimate of drug-likeness (QED) is 0.630. The van der Waals surface area contributed by atoms with Crippen molar-refractivity contribution in [2.75, 3.05) is 5.32 Å². The van der Waals surface area contributed by atoms with Gasteiger partial charge >= 0.3 is 0 Å². The Labute approximate surface area is 98.6 Å². The van der Waals surface area contributed by atoms with Crippen molar-refractivity contribution in [3.8, 4) is 0 Å². The molecule has 82 valence electrons. The van der Waals surface area contributed by atoms with E-state index in [-0.39, 0.29) is 0 Å². The SMILES string of the molecule is NC(=NCc1cccs1)Nc1ccccc1. The second kappa shape index (κ2) is 5.32. The number of anilines is 1. The molecule has 0 radical (unpaired) electrons. The lowest BCUT2D eigenvalue weighted by Crippen LogP contribution is -2.22. The molecule has 16 heavy (non-hydrogen) atoms. The maximum atomic E-state index is 5.77. The van der Waals surface area contributed by atoms with Gasteiger partial charge in [0.2, 0.25) is 0 Å². The van der Waals surface area contributed by atoms with Gasteiger partial charge in [0.15, 0.2) is 5.96 Å². The lowest BCUT2D eigenvalue weighted by Gasteiger charge is -2.04. The molecule has 4 heteroatoms. The van der Waals surface area contributed by atoms with Crippen LogP contribution in [0.2, 0.25) is 0 Å². The molecule has 1 heterocycles. The van der Waals surface area contributed by atoms with Gasteiger partial charge in [-0.3, -0.25) is 0 Å². The number of thiophene rings is 1. The number of guanidine groups is 1. The molecule has 0 bridgehead atoms. The van der Waals surface area contributed by atoms with Crippen molar-refractivity contribution in [3.63, 3.8) is 0 Å². The zero-order chi connectivity index (χ0) is 11.2. The summed E-state index contributed by atoms with van der Waals surface area (Å²) in [4.78, 5) is 5.46. The van der Waals surface area contributed by atoms with Crippen LogP contribution >= 0.6 is 11.3 Å². The molecular formula is C12H13N3S. The van der Waals surface area contributed by atoms with E-state index in [0.717, 1.165) is 5.69 Å². The minimum Gasteiger partial charge on any atom is -0.370 e. The van der Waals surface area contributed by atoms with E-state index in [1.807, 2.05) is 47.8 Å². The minimum atomic E-state index is 0.444. The molecule has 0 aliphatic heterocycles. The highest BCUT2D eigenvalue weighted by Gasteiger charge is 1.94. The number of para-hydroxylation sites is 1. The highest BCUT2D eigenvalue weighted by atomic mass is 32.1. The Bertz CT molecular complexity index is 448. The van der Waals surface area contributed by atoms with Crippen LogP contribution in [0.5, 0.6) is 0 Å². The van der Waals surface area contributed by atoms with Crippen LogP contribution in [0.25, 0.3) is 0 Å². The van der Waals surface area contributed by atoms with Gasteiger partial charge in [-0.1, -0.05) is 24.3 Å². The highest BCUT2D eigenvalue weighted by molar-refractivity contribution is 7.09. The van der Waals surface area contributed by atoms with E-state index >= 15 is 0 Å². The minimum absolute atomic E-state index is 0.444. The highest BCUT2D eigenvalue weighted by Crippen LogP contribution is 2.09. The zero-order valence-electron chi connectivity index (χ0n) is 8.76. The summed E-state index contributed by atoms with van der Waals surface area (Å²) in [6, 6.07) is 13.8. The molecule has 2 rings (SSSR count). The average molecular weight is 231 g/mol. The smallest absolute Gasteiger partial charge is 0.193 e. The second-order valence-electron chi connectivity index (χ2n) is 3.27. The molecule has 0 amide bonds. The van der Waals surface area contributed by atoms with Crippen LogP contribution < -0.4 is 11.1 Å². The first kappa shape index (κ1) is 10.7. The lowest BCUT2D eigenvalue weighted by molar-refractivity contribution is 1.09. The molecule has 0 saturated carbocycles. The zero-order valence-corrected chi connectivity index (χ0v) is 9.58. The average Bonchev–Trinajstić information content (AvgIpc) is 2.81. The fourth-order valence-corrected chi connectivity index (χ4v) is 1.90. The van der Waals surface area contributed by atoms with Gasteiger partial charge < -0.3 is 11.1 Å². The topological polar surface area (TPSA) is 50.4 Å². The van der Waals surface area contributed by atoms with E-state index in [1.54, 1.807) is 11.3 Å². The number of aliphatic imine (C=N–C) groups is 1. The molecule has 0 saturated heterocycles. The summed E-state index contributed by atoms with van der Waals surface area (Å²) in [6.45, 7) is 0.628. The van der Waals surface area contributed by atoms with E-state index in [9.17, 15) is 0 Å². The summed E-state index contributed by atoms with van der Waals surface area (Å²) in [5.74, 6) is 0.444. The fourth-order valence-electron chi connectivity index (χ4n) is 1.27. The molecule has 0 fully saturated rings. The van der Waals surface area contributed by atoms with E-state index in [2.05, 4.69) is 10.3 Å². The summed E-state index contributed by atoms with van der Waals surface area (Å²) < 4.78 is 0. The van der Waals surface area contributed by atoms with Gasteiger partial charge in [-0.25, -0.2) is 4.99 Å². The Hall–Kier alpha value is -1.81. The van der Waals surface area contributed by atoms with Crippen molar-refractivity contribution < 1.29 is 0 Å². The molecule has 3 N–H and O–H groups in total. The van der Waals surface area contributed by atoms with Gasteiger partial charge in [0.25, 0.3) is 0 Å². The van der Waals surface area contributed by atoms with Gasteiger partial charge in [0.1, 0.15) is 0 Å². The first-order valence-corrected chi connectivity index (χ1v) is 5.87. The van der Waals surface area contributed by atoms with Crippen molar-refractivity contribution in [1.29, 1.82) is 0 Å². The predicted octanol–water partition coefficient (Wildman–Crippen LogP) is 2.67. The van der Waals surface area contributed by atoms with Crippen molar-refractivity contribution >= 4 is 23.0 Å². The van der Waals surface area contributed by atoms with Crippen LogP contribution in [-0.4, -0.2) is 5.96 Å². The van der Waals surface area contributed by atoms with Crippen LogP contribution in [0.15, 0.2) is 52.8 Å². The third kappa shape index (κ3) is 3.10. The summed E-state index contributed by atoms with van der Waals surface area (Å²) >= 11 is 1.68. The van der Waals surface area contributed by atoms with Gasteiger partial charge in [0, 0.05) is 10.6 Å². The third-order valence-electron chi connectivity index (χ3n) is 2.03. The molecule has 1 aromatic carbocycles. The van der Waals surface area contributed by atoms with Crippen molar-refractivity contribution in [3.05, 3.63) is 52.7 Å². The molecule has 2 aromatic rings. The summed E-state index contributed by atoms with van der Waals surface area (Å²) in [6.07, 6.45) is 0. The standard InChI is InChI=1S/C12H13N3S/c13-12(14-9-11-7-4-8-16-11)15-10-5-2-1-3-6-10/h1-8H,9H2,(H3,13,14,15).